The third-order valence-electron chi connectivity index (χ3n) is 2.67. The number of sulfonamides is 1. The number of aryl methyl sites for hydroxylation is 1. The molecule has 0 spiro atoms. The first-order chi connectivity index (χ1) is 9.70. The SMILES string of the molecule is Cc1csc(NS(=O)(=O)c2cc(C(=O)O)cc(F)c2C)n1. The molecule has 0 radical (unpaired) electrons. The topological polar surface area (TPSA) is 96.4 Å². The lowest BCUT2D eigenvalue weighted by Gasteiger charge is -2.10. The number of carboxylic acid groups (broad SMARTS) is 1. The quantitative estimate of drug-likeness (QED) is 0.897. The minimum atomic E-state index is -4.11. The molecule has 0 atom stereocenters. The standard InChI is InChI=1S/C12H11FN2O4S2/c1-6-5-20-12(14-6)15-21(18,19)10-4-8(11(16)17)3-9(13)7(10)2/h3-5H,1-2H3,(H,14,15)(H,16,17). The molecule has 0 aliphatic heterocycles. The molecule has 1 heterocycles. The number of anilines is 1. The van der Waals surface area contributed by atoms with Gasteiger partial charge in [0.05, 0.1) is 16.2 Å². The lowest BCUT2D eigenvalue weighted by molar-refractivity contribution is 0.0696. The average molecular weight is 330 g/mol. The number of nitrogens with one attached hydrogen (secondary N) is 1. The molecule has 0 unspecified atom stereocenters. The summed E-state index contributed by atoms with van der Waals surface area (Å²) in [5.74, 6) is -2.30. The first-order valence-corrected chi connectivity index (χ1v) is 8.05. The molecule has 0 saturated heterocycles. The van der Waals surface area contributed by atoms with Gasteiger partial charge in [-0.15, -0.1) is 11.3 Å². The van der Waals surface area contributed by atoms with Gasteiger partial charge >= 0.3 is 5.97 Å². The van der Waals surface area contributed by atoms with Crippen LogP contribution in [0.2, 0.25) is 0 Å². The van der Waals surface area contributed by atoms with E-state index in [0.717, 1.165) is 23.5 Å². The van der Waals surface area contributed by atoms with Gasteiger partial charge in [-0.25, -0.2) is 22.6 Å². The van der Waals surface area contributed by atoms with Crippen LogP contribution in [0.5, 0.6) is 0 Å². The second-order valence-corrected chi connectivity index (χ2v) is 6.79. The number of hydrogen-bond acceptors (Lipinski definition) is 5. The summed E-state index contributed by atoms with van der Waals surface area (Å²) >= 11 is 1.08. The van der Waals surface area contributed by atoms with Crippen molar-refractivity contribution in [2.45, 2.75) is 18.7 Å². The third-order valence-corrected chi connectivity index (χ3v) is 5.14. The molecule has 0 saturated carbocycles. The number of thiazole rings is 1. The van der Waals surface area contributed by atoms with Crippen molar-refractivity contribution in [1.82, 2.24) is 4.98 Å². The van der Waals surface area contributed by atoms with E-state index in [1.807, 2.05) is 0 Å². The van der Waals surface area contributed by atoms with E-state index >= 15 is 0 Å². The molecule has 0 aliphatic rings. The Balaban J connectivity index is 2.51. The van der Waals surface area contributed by atoms with Gasteiger partial charge < -0.3 is 5.11 Å². The Morgan fingerprint density at radius 2 is 2.05 bits per heavy atom. The van der Waals surface area contributed by atoms with Crippen LogP contribution < -0.4 is 4.72 Å². The van der Waals surface area contributed by atoms with Crippen LogP contribution in [0.4, 0.5) is 9.52 Å². The van der Waals surface area contributed by atoms with Gasteiger partial charge in [0.1, 0.15) is 5.82 Å². The van der Waals surface area contributed by atoms with E-state index in [4.69, 9.17) is 5.11 Å². The number of rotatable bonds is 4. The van der Waals surface area contributed by atoms with Crippen LogP contribution in [-0.2, 0) is 10.0 Å². The molecule has 0 bridgehead atoms. The van der Waals surface area contributed by atoms with E-state index in [0.29, 0.717) is 5.69 Å². The smallest absolute Gasteiger partial charge is 0.335 e. The summed E-state index contributed by atoms with van der Waals surface area (Å²) < 4.78 is 40.4. The maximum Gasteiger partial charge on any atom is 0.335 e. The Kier molecular flexibility index (Phi) is 3.97. The maximum atomic E-state index is 13.7. The molecule has 0 amide bonds. The number of hydrogen-bond donors (Lipinski definition) is 2. The van der Waals surface area contributed by atoms with Crippen LogP contribution in [0.1, 0.15) is 21.6 Å². The summed E-state index contributed by atoms with van der Waals surface area (Å²) in [6.07, 6.45) is 0. The number of nitrogens with zero attached hydrogens (tertiary/aromatic N) is 1. The van der Waals surface area contributed by atoms with Crippen LogP contribution >= 0.6 is 11.3 Å². The zero-order chi connectivity index (χ0) is 15.8. The molecule has 2 N–H and O–H groups in total. The molecular weight excluding hydrogens is 319 g/mol. The average Bonchev–Trinajstić information content (AvgIpc) is 2.76. The van der Waals surface area contributed by atoms with Crippen LogP contribution in [0, 0.1) is 19.7 Å². The molecule has 9 heteroatoms. The number of carboxylic acids is 1. The summed E-state index contributed by atoms with van der Waals surface area (Å²) in [4.78, 5) is 14.4. The van der Waals surface area contributed by atoms with E-state index in [-0.39, 0.29) is 10.7 Å². The monoisotopic (exact) mass is 330 g/mol. The van der Waals surface area contributed by atoms with Gasteiger partial charge in [-0.05, 0) is 26.0 Å². The summed E-state index contributed by atoms with van der Waals surface area (Å²) in [6.45, 7) is 2.97. The molecule has 112 valence electrons. The van der Waals surface area contributed by atoms with Crippen molar-refractivity contribution in [3.63, 3.8) is 0 Å². The molecule has 1 aromatic heterocycles. The van der Waals surface area contributed by atoms with E-state index < -0.39 is 32.3 Å². The zero-order valence-electron chi connectivity index (χ0n) is 11.0. The largest absolute Gasteiger partial charge is 0.478 e. The lowest BCUT2D eigenvalue weighted by Crippen LogP contribution is -2.16. The number of carbonyl (C=O) groups is 1. The number of aromatic carboxylic acids is 1. The molecule has 0 aliphatic carbocycles. The van der Waals surface area contributed by atoms with Crippen LogP contribution in [0.3, 0.4) is 0 Å². The Hall–Kier alpha value is -2.00. The first-order valence-electron chi connectivity index (χ1n) is 5.69. The van der Waals surface area contributed by atoms with E-state index in [9.17, 15) is 17.6 Å². The summed E-state index contributed by atoms with van der Waals surface area (Å²) in [7, 11) is -4.11. The van der Waals surface area contributed by atoms with Crippen molar-refractivity contribution in [2.75, 3.05) is 4.72 Å². The Morgan fingerprint density at radius 3 is 2.57 bits per heavy atom. The fraction of sp³-hybridized carbons (Fsp3) is 0.167. The highest BCUT2D eigenvalue weighted by molar-refractivity contribution is 7.93. The lowest BCUT2D eigenvalue weighted by atomic mass is 10.1. The van der Waals surface area contributed by atoms with Gasteiger partial charge in [0.25, 0.3) is 10.0 Å². The van der Waals surface area contributed by atoms with E-state index in [2.05, 4.69) is 9.71 Å². The summed E-state index contributed by atoms with van der Waals surface area (Å²) in [5, 5.41) is 10.7. The summed E-state index contributed by atoms with van der Waals surface area (Å²) in [6, 6.07) is 1.70. The van der Waals surface area contributed by atoms with Gasteiger partial charge in [-0.1, -0.05) is 0 Å². The zero-order valence-corrected chi connectivity index (χ0v) is 12.7. The highest BCUT2D eigenvalue weighted by Crippen LogP contribution is 2.24. The van der Waals surface area contributed by atoms with Gasteiger partial charge in [0, 0.05) is 10.9 Å². The van der Waals surface area contributed by atoms with Gasteiger partial charge in [-0.2, -0.15) is 0 Å². The normalized spacial score (nSPS) is 11.4. The minimum Gasteiger partial charge on any atom is -0.478 e. The molecule has 2 rings (SSSR count). The van der Waals surface area contributed by atoms with Crippen LogP contribution in [0.15, 0.2) is 22.4 Å². The molecule has 0 fully saturated rings. The van der Waals surface area contributed by atoms with Gasteiger partial charge in [-0.3, -0.25) is 4.72 Å². The van der Waals surface area contributed by atoms with Gasteiger partial charge in [0.15, 0.2) is 5.13 Å². The second kappa shape index (κ2) is 5.41. The molecule has 2 aromatic rings. The van der Waals surface area contributed by atoms with Crippen molar-refractivity contribution in [3.05, 3.63) is 40.2 Å². The molecule has 6 nitrogen and oxygen atoms in total. The first kappa shape index (κ1) is 15.4. The van der Waals surface area contributed by atoms with Crippen LogP contribution in [0.25, 0.3) is 0 Å². The van der Waals surface area contributed by atoms with Crippen molar-refractivity contribution >= 4 is 32.5 Å². The molecule has 21 heavy (non-hydrogen) atoms. The summed E-state index contributed by atoms with van der Waals surface area (Å²) in [5.41, 5.74) is 0.0504. The number of aromatic nitrogens is 1. The van der Waals surface area contributed by atoms with Crippen molar-refractivity contribution in [3.8, 4) is 0 Å². The van der Waals surface area contributed by atoms with Crippen molar-refractivity contribution < 1.29 is 22.7 Å². The number of benzene rings is 1. The van der Waals surface area contributed by atoms with Crippen molar-refractivity contribution in [1.29, 1.82) is 0 Å². The predicted molar refractivity (Wildman–Crippen MR) is 75.8 cm³/mol. The fourth-order valence-corrected chi connectivity index (χ4v) is 3.85. The Morgan fingerprint density at radius 1 is 1.38 bits per heavy atom. The Labute approximate surface area is 124 Å². The third kappa shape index (κ3) is 3.19. The number of halogens is 1. The fourth-order valence-electron chi connectivity index (χ4n) is 1.63. The molecule has 1 aromatic carbocycles. The van der Waals surface area contributed by atoms with Gasteiger partial charge in [0.2, 0.25) is 0 Å². The highest BCUT2D eigenvalue weighted by atomic mass is 32.2. The predicted octanol–water partition coefficient (Wildman–Crippen LogP) is 2.40. The molecular formula is C12H11FN2O4S2. The Bertz CT molecular complexity index is 815. The van der Waals surface area contributed by atoms with E-state index in [1.54, 1.807) is 12.3 Å². The maximum absolute atomic E-state index is 13.7. The highest BCUT2D eigenvalue weighted by Gasteiger charge is 2.23. The van der Waals surface area contributed by atoms with Crippen molar-refractivity contribution in [2.24, 2.45) is 0 Å². The minimum absolute atomic E-state index is 0.132. The van der Waals surface area contributed by atoms with Crippen LogP contribution in [-0.4, -0.2) is 24.5 Å². The van der Waals surface area contributed by atoms with E-state index in [1.165, 1.54) is 6.92 Å². The second-order valence-electron chi connectivity index (χ2n) is 4.29.